The standard InChI is InChI=1S/C20H20O3/c1-13-18(19(21)22-2)20(13)11-10-14-8-9-16(12-17(14)20)23-15-6-4-3-5-7-15/h3-9,12-13,18H,10-11H2,1-2H3. The van der Waals surface area contributed by atoms with Gasteiger partial charge in [0.15, 0.2) is 0 Å². The summed E-state index contributed by atoms with van der Waals surface area (Å²) in [5.41, 5.74) is 2.57. The topological polar surface area (TPSA) is 35.5 Å². The van der Waals surface area contributed by atoms with Crippen LogP contribution in [0.5, 0.6) is 11.5 Å². The fraction of sp³-hybridized carbons (Fsp3) is 0.350. The first-order chi connectivity index (χ1) is 11.2. The number of ether oxygens (including phenoxy) is 2. The van der Waals surface area contributed by atoms with E-state index in [-0.39, 0.29) is 17.3 Å². The molecule has 2 aliphatic rings. The van der Waals surface area contributed by atoms with E-state index in [1.165, 1.54) is 18.2 Å². The molecule has 0 N–H and O–H groups in total. The molecule has 2 aromatic carbocycles. The lowest BCUT2D eigenvalue weighted by molar-refractivity contribution is -0.142. The van der Waals surface area contributed by atoms with Crippen molar-refractivity contribution in [3.63, 3.8) is 0 Å². The van der Waals surface area contributed by atoms with Gasteiger partial charge in [-0.15, -0.1) is 0 Å². The van der Waals surface area contributed by atoms with Gasteiger partial charge < -0.3 is 9.47 Å². The average molecular weight is 308 g/mol. The van der Waals surface area contributed by atoms with Gasteiger partial charge >= 0.3 is 5.97 Å². The number of hydrogen-bond donors (Lipinski definition) is 0. The lowest BCUT2D eigenvalue weighted by Gasteiger charge is -2.13. The van der Waals surface area contributed by atoms with Crippen molar-refractivity contribution in [2.45, 2.75) is 25.2 Å². The predicted molar refractivity (Wildman–Crippen MR) is 87.6 cm³/mol. The Morgan fingerprint density at radius 1 is 1.13 bits per heavy atom. The van der Waals surface area contributed by atoms with Gasteiger partial charge in [0.25, 0.3) is 0 Å². The van der Waals surface area contributed by atoms with E-state index in [0.29, 0.717) is 5.92 Å². The number of hydrogen-bond acceptors (Lipinski definition) is 3. The van der Waals surface area contributed by atoms with E-state index in [9.17, 15) is 4.79 Å². The molecular weight excluding hydrogens is 288 g/mol. The Hall–Kier alpha value is -2.29. The normalized spacial score (nSPS) is 27.6. The quantitative estimate of drug-likeness (QED) is 0.801. The molecule has 118 valence electrons. The van der Waals surface area contributed by atoms with Crippen molar-refractivity contribution in [2.24, 2.45) is 11.8 Å². The molecule has 4 rings (SSSR count). The molecule has 0 aromatic heterocycles. The summed E-state index contributed by atoms with van der Waals surface area (Å²) in [7, 11) is 1.48. The molecule has 0 amide bonds. The number of para-hydroxylation sites is 1. The Labute approximate surface area is 136 Å². The fourth-order valence-electron chi connectivity index (χ4n) is 4.34. The number of esters is 1. The van der Waals surface area contributed by atoms with Crippen LogP contribution in [0.2, 0.25) is 0 Å². The van der Waals surface area contributed by atoms with E-state index in [1.807, 2.05) is 36.4 Å². The van der Waals surface area contributed by atoms with Crippen molar-refractivity contribution in [3.05, 3.63) is 59.7 Å². The largest absolute Gasteiger partial charge is 0.469 e. The second-order valence-electron chi connectivity index (χ2n) is 6.56. The molecule has 3 unspecified atom stereocenters. The zero-order valence-electron chi connectivity index (χ0n) is 13.4. The van der Waals surface area contributed by atoms with E-state index in [0.717, 1.165) is 24.3 Å². The highest BCUT2D eigenvalue weighted by Gasteiger charge is 2.68. The molecule has 0 saturated heterocycles. The monoisotopic (exact) mass is 308 g/mol. The maximum absolute atomic E-state index is 12.1. The Kier molecular flexibility index (Phi) is 3.19. The minimum atomic E-state index is -0.0836. The van der Waals surface area contributed by atoms with E-state index in [1.54, 1.807) is 0 Å². The highest BCUT2D eigenvalue weighted by molar-refractivity contribution is 5.81. The van der Waals surface area contributed by atoms with E-state index >= 15 is 0 Å². The molecule has 3 heteroatoms. The molecule has 0 heterocycles. The Balaban J connectivity index is 1.67. The van der Waals surface area contributed by atoms with Gasteiger partial charge in [0, 0.05) is 5.41 Å². The first-order valence-corrected chi connectivity index (χ1v) is 8.11. The van der Waals surface area contributed by atoms with Crippen molar-refractivity contribution >= 4 is 5.97 Å². The molecule has 1 saturated carbocycles. The summed E-state index contributed by atoms with van der Waals surface area (Å²) in [6.07, 6.45) is 2.05. The van der Waals surface area contributed by atoms with Crippen LogP contribution in [0.3, 0.4) is 0 Å². The summed E-state index contributed by atoms with van der Waals surface area (Å²) in [6, 6.07) is 16.1. The third-order valence-corrected chi connectivity index (χ3v) is 5.58. The van der Waals surface area contributed by atoms with Crippen LogP contribution in [0.4, 0.5) is 0 Å². The van der Waals surface area contributed by atoms with Crippen molar-refractivity contribution < 1.29 is 14.3 Å². The van der Waals surface area contributed by atoms with Crippen LogP contribution < -0.4 is 4.74 Å². The molecule has 0 bridgehead atoms. The Morgan fingerprint density at radius 2 is 1.91 bits per heavy atom. The van der Waals surface area contributed by atoms with Crippen molar-refractivity contribution in [1.29, 1.82) is 0 Å². The van der Waals surface area contributed by atoms with Crippen LogP contribution in [-0.4, -0.2) is 13.1 Å². The van der Waals surface area contributed by atoms with Crippen LogP contribution in [0.15, 0.2) is 48.5 Å². The van der Waals surface area contributed by atoms with E-state index in [4.69, 9.17) is 9.47 Å². The third kappa shape index (κ3) is 2.07. The van der Waals surface area contributed by atoms with Gasteiger partial charge in [-0.1, -0.05) is 31.2 Å². The minimum Gasteiger partial charge on any atom is -0.469 e. The van der Waals surface area contributed by atoms with E-state index < -0.39 is 0 Å². The third-order valence-electron chi connectivity index (χ3n) is 5.58. The van der Waals surface area contributed by atoms with Gasteiger partial charge in [-0.3, -0.25) is 4.79 Å². The van der Waals surface area contributed by atoms with Gasteiger partial charge in [-0.05, 0) is 54.2 Å². The lowest BCUT2D eigenvalue weighted by Crippen LogP contribution is -2.13. The van der Waals surface area contributed by atoms with Crippen LogP contribution in [0, 0.1) is 11.8 Å². The van der Waals surface area contributed by atoms with Gasteiger partial charge in [-0.25, -0.2) is 0 Å². The first kappa shape index (κ1) is 14.3. The Bertz CT molecular complexity index is 753. The molecule has 23 heavy (non-hydrogen) atoms. The second kappa shape index (κ2) is 5.12. The predicted octanol–water partition coefficient (Wildman–Crippen LogP) is 4.10. The zero-order valence-corrected chi connectivity index (χ0v) is 13.4. The van der Waals surface area contributed by atoms with Crippen LogP contribution in [0.25, 0.3) is 0 Å². The number of carbonyl (C=O) groups excluding carboxylic acids is 1. The second-order valence-corrected chi connectivity index (χ2v) is 6.56. The summed E-state index contributed by atoms with van der Waals surface area (Å²) < 4.78 is 11.0. The summed E-state index contributed by atoms with van der Waals surface area (Å²) in [5, 5.41) is 0. The van der Waals surface area contributed by atoms with Crippen molar-refractivity contribution in [2.75, 3.05) is 7.11 Å². The average Bonchev–Trinajstić information content (AvgIpc) is 2.99. The summed E-state index contributed by atoms with van der Waals surface area (Å²) in [5.74, 6) is 1.90. The molecule has 2 aliphatic carbocycles. The molecule has 0 radical (unpaired) electrons. The van der Waals surface area contributed by atoms with Crippen LogP contribution >= 0.6 is 0 Å². The minimum absolute atomic E-state index is 0.0132. The number of benzene rings is 2. The van der Waals surface area contributed by atoms with Gasteiger partial charge in [0.1, 0.15) is 11.5 Å². The maximum atomic E-state index is 12.1. The number of carbonyl (C=O) groups is 1. The molecule has 1 spiro atoms. The molecule has 0 aliphatic heterocycles. The zero-order chi connectivity index (χ0) is 16.0. The van der Waals surface area contributed by atoms with Crippen molar-refractivity contribution in [1.82, 2.24) is 0 Å². The molecule has 2 aromatic rings. The first-order valence-electron chi connectivity index (χ1n) is 8.11. The highest BCUT2D eigenvalue weighted by atomic mass is 16.5. The van der Waals surface area contributed by atoms with Gasteiger partial charge in [0.2, 0.25) is 0 Å². The number of methoxy groups -OCH3 is 1. The lowest BCUT2D eigenvalue weighted by atomic mass is 9.93. The number of fused-ring (bicyclic) bond motifs is 2. The molecular formula is C20H20O3. The summed E-state index contributed by atoms with van der Waals surface area (Å²) >= 11 is 0. The van der Waals surface area contributed by atoms with Crippen LogP contribution in [-0.2, 0) is 21.4 Å². The summed E-state index contributed by atoms with van der Waals surface area (Å²) in [6.45, 7) is 2.15. The molecule has 3 atom stereocenters. The number of rotatable bonds is 3. The summed E-state index contributed by atoms with van der Waals surface area (Å²) in [4.78, 5) is 12.1. The number of aryl methyl sites for hydroxylation is 1. The maximum Gasteiger partial charge on any atom is 0.309 e. The fourth-order valence-corrected chi connectivity index (χ4v) is 4.34. The molecule has 3 nitrogen and oxygen atoms in total. The Morgan fingerprint density at radius 3 is 2.65 bits per heavy atom. The van der Waals surface area contributed by atoms with E-state index in [2.05, 4.69) is 19.1 Å². The highest BCUT2D eigenvalue weighted by Crippen LogP contribution is 2.66. The smallest absolute Gasteiger partial charge is 0.309 e. The SMILES string of the molecule is COC(=O)C1C(C)C12CCc1ccc(Oc3ccccc3)cc12. The van der Waals surface area contributed by atoms with Crippen molar-refractivity contribution in [3.8, 4) is 11.5 Å². The van der Waals surface area contributed by atoms with Gasteiger partial charge in [0.05, 0.1) is 13.0 Å². The van der Waals surface area contributed by atoms with Crippen LogP contribution in [0.1, 0.15) is 24.5 Å². The van der Waals surface area contributed by atoms with Gasteiger partial charge in [-0.2, -0.15) is 0 Å². The molecule has 1 fully saturated rings.